The molecule has 0 radical (unpaired) electrons. The summed E-state index contributed by atoms with van der Waals surface area (Å²) in [6.07, 6.45) is 1.27. The Morgan fingerprint density at radius 2 is 2.18 bits per heavy atom. The largest absolute Gasteiger partial charge is 0.360 e. The molecule has 0 aliphatic carbocycles. The van der Waals surface area contributed by atoms with E-state index in [1.807, 2.05) is 6.92 Å². The molecule has 0 amide bonds. The summed E-state index contributed by atoms with van der Waals surface area (Å²) in [4.78, 5) is 2.17. The predicted molar refractivity (Wildman–Crippen MR) is 47.9 cm³/mol. The molecule has 1 saturated heterocycles. The number of rotatable bonds is 1. The Hall–Kier alpha value is -0.530. The van der Waals surface area contributed by atoms with E-state index in [1.54, 1.807) is 0 Å². The lowest BCUT2D eigenvalue weighted by atomic mass is 9.95. The van der Waals surface area contributed by atoms with Crippen LogP contribution in [0.25, 0.3) is 0 Å². The Morgan fingerprint density at radius 3 is 2.45 bits per heavy atom. The van der Waals surface area contributed by atoms with Crippen molar-refractivity contribution in [1.29, 1.82) is 5.41 Å². The standard InChI is InChI=1S/C9H18N2/c1-7(2)9-4-5-11(6-9)8(3)10/h7,9-10H,4-6H2,1-3H3. The first-order valence-electron chi connectivity index (χ1n) is 4.41. The Morgan fingerprint density at radius 1 is 1.55 bits per heavy atom. The van der Waals surface area contributed by atoms with Crippen molar-refractivity contribution in [2.45, 2.75) is 27.2 Å². The van der Waals surface area contributed by atoms with E-state index < -0.39 is 0 Å². The Labute approximate surface area is 69.1 Å². The van der Waals surface area contributed by atoms with Gasteiger partial charge < -0.3 is 4.90 Å². The van der Waals surface area contributed by atoms with Crippen molar-refractivity contribution in [2.75, 3.05) is 13.1 Å². The smallest absolute Gasteiger partial charge is 0.0925 e. The van der Waals surface area contributed by atoms with Crippen molar-refractivity contribution in [2.24, 2.45) is 11.8 Å². The summed E-state index contributed by atoms with van der Waals surface area (Å²) in [5.74, 6) is 2.32. The Bertz CT molecular complexity index is 152. The van der Waals surface area contributed by atoms with Crippen molar-refractivity contribution in [3.8, 4) is 0 Å². The minimum absolute atomic E-state index is 0.730. The number of amidine groups is 1. The van der Waals surface area contributed by atoms with Gasteiger partial charge in [-0.1, -0.05) is 13.8 Å². The Kier molecular flexibility index (Phi) is 2.53. The van der Waals surface area contributed by atoms with Gasteiger partial charge >= 0.3 is 0 Å². The molecule has 1 heterocycles. The molecule has 0 aromatic heterocycles. The highest BCUT2D eigenvalue weighted by molar-refractivity contribution is 5.76. The van der Waals surface area contributed by atoms with Crippen molar-refractivity contribution in [1.82, 2.24) is 4.90 Å². The Balaban J connectivity index is 2.41. The fraction of sp³-hybridized carbons (Fsp3) is 0.889. The summed E-state index contributed by atoms with van der Waals surface area (Å²) in [5.41, 5.74) is 0. The number of nitrogens with zero attached hydrogens (tertiary/aromatic N) is 1. The molecule has 1 fully saturated rings. The first-order valence-corrected chi connectivity index (χ1v) is 4.41. The van der Waals surface area contributed by atoms with Gasteiger partial charge in [-0.2, -0.15) is 0 Å². The first-order chi connectivity index (χ1) is 5.11. The highest BCUT2D eigenvalue weighted by Crippen LogP contribution is 2.23. The third-order valence-electron chi connectivity index (χ3n) is 2.64. The fourth-order valence-electron chi connectivity index (χ4n) is 1.64. The molecule has 2 nitrogen and oxygen atoms in total. The molecule has 1 atom stereocenters. The van der Waals surface area contributed by atoms with E-state index in [2.05, 4.69) is 18.7 Å². The zero-order valence-electron chi connectivity index (χ0n) is 7.72. The van der Waals surface area contributed by atoms with E-state index in [0.29, 0.717) is 0 Å². The van der Waals surface area contributed by atoms with E-state index in [4.69, 9.17) is 5.41 Å². The van der Waals surface area contributed by atoms with Crippen LogP contribution in [-0.4, -0.2) is 23.8 Å². The van der Waals surface area contributed by atoms with Crippen LogP contribution < -0.4 is 0 Å². The van der Waals surface area contributed by atoms with Crippen LogP contribution in [0.5, 0.6) is 0 Å². The van der Waals surface area contributed by atoms with Crippen molar-refractivity contribution >= 4 is 5.84 Å². The molecule has 0 saturated carbocycles. The number of hydrogen-bond donors (Lipinski definition) is 1. The topological polar surface area (TPSA) is 27.1 Å². The maximum Gasteiger partial charge on any atom is 0.0925 e. The van der Waals surface area contributed by atoms with E-state index in [9.17, 15) is 0 Å². The summed E-state index contributed by atoms with van der Waals surface area (Å²) in [6.45, 7) is 8.62. The van der Waals surface area contributed by atoms with Gasteiger partial charge in [-0.15, -0.1) is 0 Å². The molecule has 0 bridgehead atoms. The second-order valence-electron chi connectivity index (χ2n) is 3.82. The van der Waals surface area contributed by atoms with Gasteiger partial charge in [0.05, 0.1) is 5.84 Å². The van der Waals surface area contributed by atoms with E-state index in [-0.39, 0.29) is 0 Å². The molecule has 1 aliphatic heterocycles. The van der Waals surface area contributed by atoms with Crippen molar-refractivity contribution < 1.29 is 0 Å². The SMILES string of the molecule is CC(=N)N1CCC(C(C)C)C1. The molecule has 11 heavy (non-hydrogen) atoms. The zero-order valence-corrected chi connectivity index (χ0v) is 7.72. The molecular formula is C9H18N2. The van der Waals surface area contributed by atoms with Gasteiger partial charge in [-0.05, 0) is 25.2 Å². The van der Waals surface area contributed by atoms with Gasteiger partial charge in [0, 0.05) is 13.1 Å². The summed E-state index contributed by atoms with van der Waals surface area (Å²) in [6, 6.07) is 0. The van der Waals surface area contributed by atoms with Crippen LogP contribution in [0.4, 0.5) is 0 Å². The van der Waals surface area contributed by atoms with Gasteiger partial charge in [0.25, 0.3) is 0 Å². The number of nitrogens with one attached hydrogen (secondary N) is 1. The van der Waals surface area contributed by atoms with Gasteiger partial charge in [-0.3, -0.25) is 5.41 Å². The van der Waals surface area contributed by atoms with Gasteiger partial charge in [0.2, 0.25) is 0 Å². The highest BCUT2D eigenvalue weighted by atomic mass is 15.2. The molecular weight excluding hydrogens is 136 g/mol. The highest BCUT2D eigenvalue weighted by Gasteiger charge is 2.24. The summed E-state index contributed by atoms with van der Waals surface area (Å²) < 4.78 is 0. The monoisotopic (exact) mass is 154 g/mol. The molecule has 1 rings (SSSR count). The second-order valence-corrected chi connectivity index (χ2v) is 3.82. The minimum Gasteiger partial charge on any atom is -0.360 e. The minimum atomic E-state index is 0.730. The number of hydrogen-bond acceptors (Lipinski definition) is 1. The predicted octanol–water partition coefficient (Wildman–Crippen LogP) is 1.96. The van der Waals surface area contributed by atoms with Crippen LogP contribution >= 0.6 is 0 Å². The molecule has 0 aromatic rings. The average Bonchev–Trinajstić information content (AvgIpc) is 2.33. The van der Waals surface area contributed by atoms with Gasteiger partial charge in [0.1, 0.15) is 0 Å². The lowest BCUT2D eigenvalue weighted by molar-refractivity contribution is 0.387. The van der Waals surface area contributed by atoms with E-state index in [0.717, 1.165) is 30.8 Å². The molecule has 1 unspecified atom stereocenters. The van der Waals surface area contributed by atoms with E-state index >= 15 is 0 Å². The normalized spacial score (nSPS) is 24.7. The van der Waals surface area contributed by atoms with Crippen LogP contribution in [0.3, 0.4) is 0 Å². The fourth-order valence-corrected chi connectivity index (χ4v) is 1.64. The molecule has 0 spiro atoms. The summed E-state index contributed by atoms with van der Waals surface area (Å²) >= 11 is 0. The maximum absolute atomic E-state index is 7.45. The van der Waals surface area contributed by atoms with Crippen LogP contribution in [-0.2, 0) is 0 Å². The third kappa shape index (κ3) is 1.95. The molecule has 2 heteroatoms. The second kappa shape index (κ2) is 3.24. The van der Waals surface area contributed by atoms with Gasteiger partial charge in [0.15, 0.2) is 0 Å². The first kappa shape index (κ1) is 8.57. The maximum atomic E-state index is 7.45. The third-order valence-corrected chi connectivity index (χ3v) is 2.64. The molecule has 1 N–H and O–H groups in total. The molecule has 64 valence electrons. The lowest BCUT2D eigenvalue weighted by Crippen LogP contribution is -2.26. The van der Waals surface area contributed by atoms with Gasteiger partial charge in [-0.25, -0.2) is 0 Å². The average molecular weight is 154 g/mol. The number of likely N-dealkylation sites (tertiary alicyclic amines) is 1. The van der Waals surface area contributed by atoms with Crippen molar-refractivity contribution in [3.05, 3.63) is 0 Å². The molecule has 0 aromatic carbocycles. The van der Waals surface area contributed by atoms with Crippen LogP contribution in [0.1, 0.15) is 27.2 Å². The quantitative estimate of drug-likeness (QED) is 0.453. The van der Waals surface area contributed by atoms with E-state index in [1.165, 1.54) is 6.42 Å². The van der Waals surface area contributed by atoms with Crippen LogP contribution in [0.2, 0.25) is 0 Å². The van der Waals surface area contributed by atoms with Crippen molar-refractivity contribution in [3.63, 3.8) is 0 Å². The lowest BCUT2D eigenvalue weighted by Gasteiger charge is -2.17. The van der Waals surface area contributed by atoms with Crippen LogP contribution in [0.15, 0.2) is 0 Å². The zero-order chi connectivity index (χ0) is 8.43. The van der Waals surface area contributed by atoms with Crippen LogP contribution in [0, 0.1) is 17.2 Å². The summed E-state index contributed by atoms with van der Waals surface area (Å²) in [5, 5.41) is 7.45. The molecule has 1 aliphatic rings. The summed E-state index contributed by atoms with van der Waals surface area (Å²) in [7, 11) is 0.